The Morgan fingerprint density at radius 1 is 1.39 bits per heavy atom. The van der Waals surface area contributed by atoms with Crippen LogP contribution in [0.1, 0.15) is 44.9 Å². The summed E-state index contributed by atoms with van der Waals surface area (Å²) in [5.41, 5.74) is -0.495. The Bertz CT molecular complexity index is 474. The smallest absolute Gasteiger partial charge is 0.0931 e. The zero-order valence-electron chi connectivity index (χ0n) is 11.3. The predicted molar refractivity (Wildman–Crippen MR) is 77.2 cm³/mol. The van der Waals surface area contributed by atoms with Crippen molar-refractivity contribution in [3.8, 4) is 0 Å². The van der Waals surface area contributed by atoms with E-state index in [0.717, 1.165) is 17.2 Å². The van der Waals surface area contributed by atoms with Crippen LogP contribution in [-0.2, 0) is 6.42 Å². The first-order chi connectivity index (χ1) is 8.28. The van der Waals surface area contributed by atoms with E-state index in [4.69, 9.17) is 11.6 Å². The molecule has 2 bridgehead atoms. The second-order valence-corrected chi connectivity index (χ2v) is 8.76. The van der Waals surface area contributed by atoms with Gasteiger partial charge >= 0.3 is 0 Å². The van der Waals surface area contributed by atoms with Crippen LogP contribution in [-0.4, -0.2) is 10.7 Å². The Balaban J connectivity index is 1.97. The monoisotopic (exact) mass is 284 g/mol. The molecule has 3 heteroatoms. The average Bonchev–Trinajstić information content (AvgIpc) is 2.88. The van der Waals surface area contributed by atoms with Gasteiger partial charge in [-0.25, -0.2) is 0 Å². The Labute approximate surface area is 118 Å². The maximum Gasteiger partial charge on any atom is 0.0931 e. The fourth-order valence-electron chi connectivity index (χ4n) is 4.49. The van der Waals surface area contributed by atoms with Crippen LogP contribution in [0.15, 0.2) is 12.1 Å². The van der Waals surface area contributed by atoms with Crippen molar-refractivity contribution >= 4 is 22.9 Å². The maximum absolute atomic E-state index is 11.4. The number of rotatable bonds is 2. The highest BCUT2D eigenvalue weighted by Gasteiger charge is 2.68. The molecule has 0 aromatic carbocycles. The summed E-state index contributed by atoms with van der Waals surface area (Å²) in [4.78, 5) is 1.21. The summed E-state index contributed by atoms with van der Waals surface area (Å²) < 4.78 is 0.819. The van der Waals surface area contributed by atoms with Crippen molar-refractivity contribution in [1.82, 2.24) is 0 Å². The third-order valence-electron chi connectivity index (χ3n) is 5.89. The van der Waals surface area contributed by atoms with Gasteiger partial charge in [0.2, 0.25) is 0 Å². The molecule has 0 aliphatic heterocycles. The van der Waals surface area contributed by atoms with Gasteiger partial charge in [-0.15, -0.1) is 11.3 Å². The topological polar surface area (TPSA) is 20.2 Å². The number of thiophene rings is 1. The van der Waals surface area contributed by atoms with Crippen molar-refractivity contribution in [3.63, 3.8) is 0 Å². The number of aliphatic hydroxyl groups is 1. The number of fused-ring (bicyclic) bond motifs is 2. The zero-order chi connectivity index (χ0) is 13.2. The first-order valence-electron chi connectivity index (χ1n) is 6.75. The molecule has 1 aromatic heterocycles. The van der Waals surface area contributed by atoms with Crippen LogP contribution in [0.3, 0.4) is 0 Å². The lowest BCUT2D eigenvalue weighted by Crippen LogP contribution is -2.55. The first-order valence-corrected chi connectivity index (χ1v) is 7.95. The molecule has 3 rings (SSSR count). The van der Waals surface area contributed by atoms with Gasteiger partial charge in [-0.3, -0.25) is 0 Å². The highest BCUT2D eigenvalue weighted by atomic mass is 35.5. The molecule has 0 radical (unpaired) electrons. The third-order valence-corrected chi connectivity index (χ3v) is 7.12. The van der Waals surface area contributed by atoms with Gasteiger partial charge in [-0.05, 0) is 48.1 Å². The molecule has 18 heavy (non-hydrogen) atoms. The molecule has 1 aromatic rings. The molecule has 2 aliphatic carbocycles. The van der Waals surface area contributed by atoms with E-state index in [1.807, 2.05) is 6.07 Å². The molecule has 1 nitrogen and oxygen atoms in total. The van der Waals surface area contributed by atoms with Gasteiger partial charge in [0, 0.05) is 11.3 Å². The van der Waals surface area contributed by atoms with Crippen LogP contribution in [0.4, 0.5) is 0 Å². The molecule has 2 saturated carbocycles. The molecule has 2 aliphatic rings. The van der Waals surface area contributed by atoms with Gasteiger partial charge in [0.15, 0.2) is 0 Å². The van der Waals surface area contributed by atoms with E-state index in [9.17, 15) is 5.11 Å². The van der Waals surface area contributed by atoms with Crippen LogP contribution in [0.5, 0.6) is 0 Å². The van der Waals surface area contributed by atoms with E-state index in [-0.39, 0.29) is 10.8 Å². The Morgan fingerprint density at radius 2 is 2.11 bits per heavy atom. The molecule has 3 unspecified atom stereocenters. The molecular weight excluding hydrogens is 264 g/mol. The third kappa shape index (κ3) is 1.49. The lowest BCUT2D eigenvalue weighted by molar-refractivity contribution is -0.141. The lowest BCUT2D eigenvalue weighted by Gasteiger charge is -2.50. The molecule has 3 atom stereocenters. The summed E-state index contributed by atoms with van der Waals surface area (Å²) in [5.74, 6) is 0.669. The summed E-state index contributed by atoms with van der Waals surface area (Å²) in [5, 5.41) is 11.4. The minimum absolute atomic E-state index is 0.0104. The van der Waals surface area contributed by atoms with Crippen LogP contribution in [0.25, 0.3) is 0 Å². The van der Waals surface area contributed by atoms with E-state index >= 15 is 0 Å². The van der Waals surface area contributed by atoms with E-state index in [1.54, 1.807) is 11.3 Å². The second-order valence-electron chi connectivity index (χ2n) is 6.96. The standard InChI is InChI=1S/C15H21ClOS/c1-13(2)10-6-7-14(3,8-10)15(13,17)9-11-4-5-12(16)18-11/h4-5,10,17H,6-9H2,1-3H3. The van der Waals surface area contributed by atoms with Gasteiger partial charge in [0.25, 0.3) is 0 Å². The normalized spacial score (nSPS) is 41.5. The molecule has 1 N–H and O–H groups in total. The first kappa shape index (κ1) is 13.0. The van der Waals surface area contributed by atoms with Crippen LogP contribution in [0, 0.1) is 16.7 Å². The zero-order valence-corrected chi connectivity index (χ0v) is 12.9. The maximum atomic E-state index is 11.4. The van der Waals surface area contributed by atoms with Crippen LogP contribution < -0.4 is 0 Å². The lowest BCUT2D eigenvalue weighted by atomic mass is 9.59. The van der Waals surface area contributed by atoms with Gasteiger partial charge in [-0.1, -0.05) is 32.4 Å². The highest BCUT2D eigenvalue weighted by molar-refractivity contribution is 7.16. The largest absolute Gasteiger partial charge is 0.388 e. The summed E-state index contributed by atoms with van der Waals surface area (Å²) in [6, 6.07) is 4.00. The van der Waals surface area contributed by atoms with Crippen molar-refractivity contribution in [2.75, 3.05) is 0 Å². The van der Waals surface area contributed by atoms with E-state index in [1.165, 1.54) is 17.7 Å². The van der Waals surface area contributed by atoms with Gasteiger partial charge < -0.3 is 5.11 Å². The second kappa shape index (κ2) is 3.74. The van der Waals surface area contributed by atoms with Gasteiger partial charge in [0.05, 0.1) is 9.94 Å². The minimum Gasteiger partial charge on any atom is -0.388 e. The van der Waals surface area contributed by atoms with Crippen molar-refractivity contribution in [1.29, 1.82) is 0 Å². The van der Waals surface area contributed by atoms with Crippen molar-refractivity contribution in [2.45, 2.75) is 52.1 Å². The Morgan fingerprint density at radius 3 is 2.61 bits per heavy atom. The van der Waals surface area contributed by atoms with Crippen molar-refractivity contribution in [2.24, 2.45) is 16.7 Å². The van der Waals surface area contributed by atoms with E-state index in [0.29, 0.717) is 5.92 Å². The Hall–Kier alpha value is -0.0500. The summed E-state index contributed by atoms with van der Waals surface area (Å²) in [6.45, 7) is 6.77. The van der Waals surface area contributed by atoms with Crippen molar-refractivity contribution < 1.29 is 5.11 Å². The van der Waals surface area contributed by atoms with E-state index < -0.39 is 5.60 Å². The SMILES string of the molecule is CC12CCC(C1)C(C)(C)C2(O)Cc1ccc(Cl)s1. The minimum atomic E-state index is -0.586. The Kier molecular flexibility index (Phi) is 2.69. The highest BCUT2D eigenvalue weighted by Crippen LogP contribution is 2.68. The molecule has 0 spiro atoms. The fraction of sp³-hybridized carbons (Fsp3) is 0.733. The molecule has 1 heterocycles. The number of hydrogen-bond donors (Lipinski definition) is 1. The molecule has 100 valence electrons. The van der Waals surface area contributed by atoms with Gasteiger partial charge in [-0.2, -0.15) is 0 Å². The number of hydrogen-bond acceptors (Lipinski definition) is 2. The van der Waals surface area contributed by atoms with E-state index in [2.05, 4.69) is 26.8 Å². The summed E-state index contributed by atoms with van der Waals surface area (Å²) in [7, 11) is 0. The van der Waals surface area contributed by atoms with Gasteiger partial charge in [0.1, 0.15) is 0 Å². The van der Waals surface area contributed by atoms with Crippen LogP contribution in [0.2, 0.25) is 4.34 Å². The number of halogens is 1. The molecular formula is C15H21ClOS. The molecule has 0 saturated heterocycles. The summed E-state index contributed by atoms with van der Waals surface area (Å²) >= 11 is 7.62. The fourth-order valence-corrected chi connectivity index (χ4v) is 5.65. The quantitative estimate of drug-likeness (QED) is 0.846. The molecule has 0 amide bonds. The van der Waals surface area contributed by atoms with Crippen LogP contribution >= 0.6 is 22.9 Å². The predicted octanol–water partition coefficient (Wildman–Crippen LogP) is 4.52. The average molecular weight is 285 g/mol. The summed E-state index contributed by atoms with van der Waals surface area (Å²) in [6.07, 6.45) is 4.37. The van der Waals surface area contributed by atoms with Crippen molar-refractivity contribution in [3.05, 3.63) is 21.3 Å². The molecule has 2 fully saturated rings.